The number of benzene rings is 1. The number of aldehydes is 1. The summed E-state index contributed by atoms with van der Waals surface area (Å²) in [5.41, 5.74) is 1.02. The Kier molecular flexibility index (Phi) is 3.02. The predicted molar refractivity (Wildman–Crippen MR) is 58.9 cm³/mol. The molecule has 1 aliphatic heterocycles. The molecular weight excluding hydrogens is 190 g/mol. The number of para-hydroxylation sites is 1. The molecule has 0 aliphatic carbocycles. The van der Waals surface area contributed by atoms with E-state index in [0.29, 0.717) is 0 Å². The smallest absolute Gasteiger partial charge is 0.142 e. The second-order valence-electron chi connectivity index (χ2n) is 3.86. The van der Waals surface area contributed by atoms with E-state index in [1.54, 1.807) is 0 Å². The molecular formula is C12H15NO2. The van der Waals surface area contributed by atoms with Gasteiger partial charge in [-0.05, 0) is 25.0 Å². The fraction of sp³-hybridized carbons (Fsp3) is 0.417. The number of rotatable bonds is 3. The highest BCUT2D eigenvalue weighted by molar-refractivity contribution is 5.68. The average Bonchev–Trinajstić information content (AvgIpc) is 2.72. The van der Waals surface area contributed by atoms with Crippen LogP contribution in [-0.4, -0.2) is 30.1 Å². The van der Waals surface area contributed by atoms with Crippen LogP contribution in [0.2, 0.25) is 0 Å². The molecule has 80 valence electrons. The Hall–Kier alpha value is -1.35. The third kappa shape index (κ3) is 1.88. The van der Waals surface area contributed by atoms with E-state index in [0.717, 1.165) is 24.8 Å². The van der Waals surface area contributed by atoms with E-state index >= 15 is 0 Å². The monoisotopic (exact) mass is 205 g/mol. The van der Waals surface area contributed by atoms with Crippen LogP contribution in [-0.2, 0) is 4.79 Å². The number of anilines is 1. The van der Waals surface area contributed by atoms with E-state index in [9.17, 15) is 9.90 Å². The van der Waals surface area contributed by atoms with Gasteiger partial charge in [0.1, 0.15) is 6.29 Å². The first kappa shape index (κ1) is 10.2. The van der Waals surface area contributed by atoms with E-state index in [-0.39, 0.29) is 18.7 Å². The van der Waals surface area contributed by atoms with Crippen LogP contribution in [0, 0.1) is 0 Å². The third-order valence-electron chi connectivity index (χ3n) is 2.97. The van der Waals surface area contributed by atoms with Gasteiger partial charge in [0, 0.05) is 5.69 Å². The quantitative estimate of drug-likeness (QED) is 0.754. The predicted octanol–water partition coefficient (Wildman–Crippen LogP) is 1.22. The van der Waals surface area contributed by atoms with Gasteiger partial charge in [0.05, 0.1) is 18.7 Å². The molecule has 0 radical (unpaired) electrons. The SMILES string of the molecule is O=CC1CCC(CO)N1c1ccccc1. The Bertz CT molecular complexity index is 326. The lowest BCUT2D eigenvalue weighted by Crippen LogP contribution is -2.38. The molecule has 1 fully saturated rings. The lowest BCUT2D eigenvalue weighted by atomic mass is 10.2. The van der Waals surface area contributed by atoms with Gasteiger partial charge in [-0.3, -0.25) is 0 Å². The van der Waals surface area contributed by atoms with Crippen molar-refractivity contribution in [1.29, 1.82) is 0 Å². The van der Waals surface area contributed by atoms with Crippen LogP contribution < -0.4 is 4.90 Å². The van der Waals surface area contributed by atoms with E-state index in [4.69, 9.17) is 0 Å². The Morgan fingerprint density at radius 2 is 2.07 bits per heavy atom. The summed E-state index contributed by atoms with van der Waals surface area (Å²) in [6.07, 6.45) is 2.70. The summed E-state index contributed by atoms with van der Waals surface area (Å²) in [5.74, 6) is 0. The van der Waals surface area contributed by atoms with Crippen molar-refractivity contribution >= 4 is 12.0 Å². The van der Waals surface area contributed by atoms with E-state index in [1.165, 1.54) is 0 Å². The average molecular weight is 205 g/mol. The number of aliphatic hydroxyl groups is 1. The first-order valence-electron chi connectivity index (χ1n) is 5.26. The van der Waals surface area contributed by atoms with Gasteiger partial charge >= 0.3 is 0 Å². The number of hydrogen-bond donors (Lipinski definition) is 1. The zero-order valence-electron chi connectivity index (χ0n) is 8.54. The summed E-state index contributed by atoms with van der Waals surface area (Å²) in [7, 11) is 0. The van der Waals surface area contributed by atoms with Crippen LogP contribution in [0.25, 0.3) is 0 Å². The molecule has 2 atom stereocenters. The molecule has 1 aliphatic rings. The molecule has 0 bridgehead atoms. The fourth-order valence-corrected chi connectivity index (χ4v) is 2.23. The molecule has 3 heteroatoms. The largest absolute Gasteiger partial charge is 0.394 e. The minimum absolute atomic E-state index is 0.0791. The number of carbonyl (C=O) groups excluding carboxylic acids is 1. The van der Waals surface area contributed by atoms with Crippen LogP contribution in [0.5, 0.6) is 0 Å². The number of nitrogens with zero attached hydrogens (tertiary/aromatic N) is 1. The molecule has 0 saturated carbocycles. The maximum Gasteiger partial charge on any atom is 0.142 e. The highest BCUT2D eigenvalue weighted by Crippen LogP contribution is 2.29. The summed E-state index contributed by atoms with van der Waals surface area (Å²) in [6.45, 7) is 0.110. The van der Waals surface area contributed by atoms with Crippen LogP contribution in [0.1, 0.15) is 12.8 Å². The van der Waals surface area contributed by atoms with Gasteiger partial charge in [0.15, 0.2) is 0 Å². The molecule has 2 rings (SSSR count). The number of aliphatic hydroxyl groups excluding tert-OH is 1. The summed E-state index contributed by atoms with van der Waals surface area (Å²) >= 11 is 0. The van der Waals surface area contributed by atoms with Crippen molar-refractivity contribution in [2.75, 3.05) is 11.5 Å². The molecule has 1 N–H and O–H groups in total. The molecule has 0 aromatic heterocycles. The van der Waals surface area contributed by atoms with E-state index in [1.807, 2.05) is 35.2 Å². The first-order chi connectivity index (χ1) is 7.36. The summed E-state index contributed by atoms with van der Waals surface area (Å²) in [4.78, 5) is 12.9. The van der Waals surface area contributed by atoms with Gasteiger partial charge in [-0.2, -0.15) is 0 Å². The minimum atomic E-state index is -0.0791. The number of carbonyl (C=O) groups is 1. The van der Waals surface area contributed by atoms with Crippen LogP contribution in [0.15, 0.2) is 30.3 Å². The Morgan fingerprint density at radius 3 is 2.67 bits per heavy atom. The second kappa shape index (κ2) is 4.45. The maximum absolute atomic E-state index is 10.9. The number of hydrogen-bond acceptors (Lipinski definition) is 3. The fourth-order valence-electron chi connectivity index (χ4n) is 2.23. The molecule has 15 heavy (non-hydrogen) atoms. The lowest BCUT2D eigenvalue weighted by molar-refractivity contribution is -0.108. The maximum atomic E-state index is 10.9. The van der Waals surface area contributed by atoms with Crippen molar-refractivity contribution in [2.45, 2.75) is 24.9 Å². The zero-order chi connectivity index (χ0) is 10.7. The normalized spacial score (nSPS) is 25.5. The topological polar surface area (TPSA) is 40.5 Å². The summed E-state index contributed by atoms with van der Waals surface area (Å²) in [5, 5.41) is 9.25. The minimum Gasteiger partial charge on any atom is -0.394 e. The van der Waals surface area contributed by atoms with Crippen molar-refractivity contribution in [3.05, 3.63) is 30.3 Å². The lowest BCUT2D eigenvalue weighted by Gasteiger charge is -2.28. The van der Waals surface area contributed by atoms with Crippen LogP contribution >= 0.6 is 0 Å². The molecule has 3 nitrogen and oxygen atoms in total. The van der Waals surface area contributed by atoms with Crippen LogP contribution in [0.3, 0.4) is 0 Å². The Morgan fingerprint density at radius 1 is 1.33 bits per heavy atom. The van der Waals surface area contributed by atoms with Gasteiger partial charge < -0.3 is 14.8 Å². The molecule has 1 aromatic rings. The van der Waals surface area contributed by atoms with E-state index < -0.39 is 0 Å². The van der Waals surface area contributed by atoms with Crippen molar-refractivity contribution in [3.8, 4) is 0 Å². The molecule has 1 aromatic carbocycles. The zero-order valence-corrected chi connectivity index (χ0v) is 8.54. The van der Waals surface area contributed by atoms with Gasteiger partial charge in [-0.25, -0.2) is 0 Å². The van der Waals surface area contributed by atoms with Crippen molar-refractivity contribution in [3.63, 3.8) is 0 Å². The Labute approximate surface area is 89.3 Å². The molecule has 1 saturated heterocycles. The first-order valence-corrected chi connectivity index (χ1v) is 5.26. The highest BCUT2D eigenvalue weighted by atomic mass is 16.3. The highest BCUT2D eigenvalue weighted by Gasteiger charge is 2.32. The van der Waals surface area contributed by atoms with Gasteiger partial charge in [0.25, 0.3) is 0 Å². The summed E-state index contributed by atoms with van der Waals surface area (Å²) in [6, 6.07) is 9.80. The summed E-state index contributed by atoms with van der Waals surface area (Å²) < 4.78 is 0. The van der Waals surface area contributed by atoms with Gasteiger partial charge in [-0.1, -0.05) is 18.2 Å². The molecule has 1 heterocycles. The molecule has 0 spiro atoms. The third-order valence-corrected chi connectivity index (χ3v) is 2.97. The van der Waals surface area contributed by atoms with Crippen molar-refractivity contribution in [1.82, 2.24) is 0 Å². The standard InChI is InChI=1S/C12H15NO2/c14-8-11-6-7-12(9-15)13(11)10-4-2-1-3-5-10/h1-5,8,11-12,15H,6-7,9H2. The van der Waals surface area contributed by atoms with Gasteiger partial charge in [-0.15, -0.1) is 0 Å². The van der Waals surface area contributed by atoms with E-state index in [2.05, 4.69) is 0 Å². The van der Waals surface area contributed by atoms with Crippen molar-refractivity contribution in [2.24, 2.45) is 0 Å². The molecule has 2 unspecified atom stereocenters. The van der Waals surface area contributed by atoms with Crippen molar-refractivity contribution < 1.29 is 9.90 Å². The van der Waals surface area contributed by atoms with Gasteiger partial charge in [0.2, 0.25) is 0 Å². The Balaban J connectivity index is 2.27. The van der Waals surface area contributed by atoms with Crippen LogP contribution in [0.4, 0.5) is 5.69 Å². The second-order valence-corrected chi connectivity index (χ2v) is 3.86. The molecule has 0 amide bonds.